The van der Waals surface area contributed by atoms with Crippen LogP contribution in [0, 0.1) is 0 Å². The van der Waals surface area contributed by atoms with Gasteiger partial charge in [0.25, 0.3) is 0 Å². The van der Waals surface area contributed by atoms with Crippen molar-refractivity contribution < 1.29 is 24.9 Å². The number of fused-ring (bicyclic) bond motifs is 1. The van der Waals surface area contributed by atoms with E-state index in [1.54, 1.807) is 0 Å². The molecule has 12 heteroatoms. The lowest BCUT2D eigenvalue weighted by Crippen LogP contribution is -2.31. The second-order valence-corrected chi connectivity index (χ2v) is 6.68. The van der Waals surface area contributed by atoms with E-state index in [-0.39, 0.29) is 17.0 Å². The molecule has 0 bridgehead atoms. The quantitative estimate of drug-likeness (QED) is 0.290. The van der Waals surface area contributed by atoms with Gasteiger partial charge in [0.05, 0.1) is 0 Å². The van der Waals surface area contributed by atoms with E-state index in [4.69, 9.17) is 15.6 Å². The molecule has 0 spiro atoms. The molecule has 2 aromatic rings. The van der Waals surface area contributed by atoms with Gasteiger partial charge in [-0.3, -0.25) is 0 Å². The van der Waals surface area contributed by atoms with Crippen LogP contribution in [0.4, 0.5) is 5.82 Å². The smallest absolute Gasteiger partial charge is 0.328 e. The van der Waals surface area contributed by atoms with E-state index < -0.39 is 30.5 Å². The van der Waals surface area contributed by atoms with Crippen molar-refractivity contribution in [2.24, 2.45) is 0 Å². The molecule has 140 valence electrons. The average Bonchev–Trinajstić information content (AvgIpc) is 3.14. The van der Waals surface area contributed by atoms with Crippen LogP contribution in [0.1, 0.15) is 19.6 Å². The minimum absolute atomic E-state index is 0.148. The highest BCUT2D eigenvalue weighted by molar-refractivity contribution is 7.99. The molecule has 1 fully saturated rings. The van der Waals surface area contributed by atoms with Crippen LogP contribution >= 0.6 is 11.8 Å². The molecule has 0 aromatic carbocycles. The lowest BCUT2D eigenvalue weighted by atomic mass is 10.1. The Balaban J connectivity index is 1.94. The number of aromatic nitrogens is 5. The molecule has 4 atom stereocenters. The van der Waals surface area contributed by atoms with E-state index in [1.807, 2.05) is 6.92 Å². The predicted molar refractivity (Wildman–Crippen MR) is 91.2 cm³/mol. The van der Waals surface area contributed by atoms with Gasteiger partial charge in [0.15, 0.2) is 28.4 Å². The summed E-state index contributed by atoms with van der Waals surface area (Å²) in [5.74, 6) is -0.242. The molecule has 0 unspecified atom stereocenters. The molecule has 3 heterocycles. The first kappa shape index (κ1) is 18.5. The van der Waals surface area contributed by atoms with Gasteiger partial charge in [-0.1, -0.05) is 23.9 Å². The number of carboxylic acid groups (broad SMARTS) is 1. The van der Waals surface area contributed by atoms with Gasteiger partial charge < -0.3 is 25.8 Å². The number of rotatable bonds is 6. The molecule has 0 radical (unpaired) electrons. The summed E-state index contributed by atoms with van der Waals surface area (Å²) in [7, 11) is 0. The Labute approximate surface area is 151 Å². The number of thioether (sulfide) groups is 1. The van der Waals surface area contributed by atoms with Crippen LogP contribution in [0.5, 0.6) is 0 Å². The van der Waals surface area contributed by atoms with Crippen LogP contribution in [0.2, 0.25) is 0 Å². The first-order chi connectivity index (χ1) is 12.4. The van der Waals surface area contributed by atoms with Crippen molar-refractivity contribution in [3.63, 3.8) is 0 Å². The third kappa shape index (κ3) is 3.49. The Morgan fingerprint density at radius 1 is 1.38 bits per heavy atom. The SMILES string of the molecule is CCCSc1nc(N)c2nnn([C@@H]3O[C@H](/C=C/C(=O)O)[C@@H](O)[C@H]3O)c2n1. The van der Waals surface area contributed by atoms with Crippen LogP contribution in [-0.4, -0.2) is 70.3 Å². The summed E-state index contributed by atoms with van der Waals surface area (Å²) < 4.78 is 6.77. The summed E-state index contributed by atoms with van der Waals surface area (Å²) in [4.78, 5) is 19.2. The minimum Gasteiger partial charge on any atom is -0.478 e. The van der Waals surface area contributed by atoms with Gasteiger partial charge in [-0.2, -0.15) is 4.68 Å². The van der Waals surface area contributed by atoms with E-state index in [0.717, 1.165) is 24.3 Å². The van der Waals surface area contributed by atoms with Gasteiger partial charge in [0, 0.05) is 11.8 Å². The van der Waals surface area contributed by atoms with Crippen molar-refractivity contribution in [2.45, 2.75) is 43.0 Å². The van der Waals surface area contributed by atoms with E-state index in [1.165, 1.54) is 16.4 Å². The Hall–Kier alpha value is -2.28. The van der Waals surface area contributed by atoms with Crippen molar-refractivity contribution in [3.05, 3.63) is 12.2 Å². The molecule has 0 saturated carbocycles. The zero-order chi connectivity index (χ0) is 18.8. The van der Waals surface area contributed by atoms with Crippen molar-refractivity contribution in [1.29, 1.82) is 0 Å². The predicted octanol–water partition coefficient (Wildman–Crippen LogP) is -0.434. The van der Waals surface area contributed by atoms with Crippen molar-refractivity contribution in [2.75, 3.05) is 11.5 Å². The minimum atomic E-state index is -1.36. The van der Waals surface area contributed by atoms with Gasteiger partial charge in [-0.15, -0.1) is 5.10 Å². The number of nitrogens with two attached hydrogens (primary N) is 1. The lowest BCUT2D eigenvalue weighted by molar-refractivity contribution is -0.131. The summed E-state index contributed by atoms with van der Waals surface area (Å²) in [6.45, 7) is 2.02. The maximum Gasteiger partial charge on any atom is 0.328 e. The van der Waals surface area contributed by atoms with Gasteiger partial charge >= 0.3 is 5.97 Å². The number of ether oxygens (including phenoxy) is 1. The van der Waals surface area contributed by atoms with Crippen molar-refractivity contribution in [3.8, 4) is 0 Å². The molecule has 5 N–H and O–H groups in total. The highest BCUT2D eigenvalue weighted by Gasteiger charge is 2.44. The van der Waals surface area contributed by atoms with Crippen LogP contribution in [0.3, 0.4) is 0 Å². The molecule has 1 saturated heterocycles. The average molecular weight is 382 g/mol. The maximum atomic E-state index is 10.6. The summed E-state index contributed by atoms with van der Waals surface area (Å²) in [5.41, 5.74) is 6.41. The fourth-order valence-corrected chi connectivity index (χ4v) is 3.18. The Bertz CT molecular complexity index is 843. The normalized spacial score (nSPS) is 26.1. The molecule has 2 aromatic heterocycles. The third-order valence-electron chi connectivity index (χ3n) is 3.71. The lowest BCUT2D eigenvalue weighted by Gasteiger charge is -2.14. The number of aliphatic carboxylic acids is 1. The molecule has 26 heavy (non-hydrogen) atoms. The van der Waals surface area contributed by atoms with E-state index in [2.05, 4.69) is 20.3 Å². The number of nitrogen functional groups attached to an aromatic ring is 1. The molecule has 3 rings (SSSR count). The van der Waals surface area contributed by atoms with Crippen LogP contribution in [0.15, 0.2) is 17.3 Å². The standard InChI is InChI=1S/C14H18N6O5S/c1-2-5-26-14-16-11(15)8-12(17-14)20(19-18-8)13-10(24)9(23)6(25-13)3-4-7(21)22/h3-4,6,9-10,13,23-24H,2,5H2,1H3,(H,21,22)(H2,15,16,17)/b4-3+/t6-,9-,10-,13-/m1/s1. The topological polar surface area (TPSA) is 170 Å². The molecule has 1 aliphatic rings. The van der Waals surface area contributed by atoms with E-state index in [0.29, 0.717) is 5.16 Å². The van der Waals surface area contributed by atoms with Crippen LogP contribution in [-0.2, 0) is 9.53 Å². The summed E-state index contributed by atoms with van der Waals surface area (Å²) in [6, 6.07) is 0. The molecule has 11 nitrogen and oxygen atoms in total. The monoisotopic (exact) mass is 382 g/mol. The Morgan fingerprint density at radius 2 is 2.15 bits per heavy atom. The Kier molecular flexibility index (Phi) is 5.36. The summed E-state index contributed by atoms with van der Waals surface area (Å²) in [6.07, 6.45) is -1.88. The van der Waals surface area contributed by atoms with Gasteiger partial charge in [0.1, 0.15) is 18.3 Å². The number of hydrogen-bond acceptors (Lipinski definition) is 10. The fraction of sp³-hybridized carbons (Fsp3) is 0.500. The zero-order valence-electron chi connectivity index (χ0n) is 13.8. The zero-order valence-corrected chi connectivity index (χ0v) is 14.6. The summed E-state index contributed by atoms with van der Waals surface area (Å²) in [5, 5.41) is 37.3. The highest BCUT2D eigenvalue weighted by atomic mass is 32.2. The van der Waals surface area contributed by atoms with Crippen molar-refractivity contribution in [1.82, 2.24) is 25.0 Å². The van der Waals surface area contributed by atoms with Gasteiger partial charge in [-0.05, 0) is 12.5 Å². The molecule has 0 aliphatic carbocycles. The van der Waals surface area contributed by atoms with Crippen molar-refractivity contribution >= 4 is 34.7 Å². The van der Waals surface area contributed by atoms with Gasteiger partial charge in [-0.25, -0.2) is 14.8 Å². The Morgan fingerprint density at radius 3 is 2.85 bits per heavy atom. The molecule has 0 amide bonds. The number of nitrogens with zero attached hydrogens (tertiary/aromatic N) is 5. The van der Waals surface area contributed by atoms with Crippen LogP contribution < -0.4 is 5.73 Å². The largest absolute Gasteiger partial charge is 0.478 e. The second kappa shape index (κ2) is 7.53. The highest BCUT2D eigenvalue weighted by Crippen LogP contribution is 2.32. The number of carboxylic acids is 1. The van der Waals surface area contributed by atoms with E-state index in [9.17, 15) is 15.0 Å². The number of anilines is 1. The van der Waals surface area contributed by atoms with Crippen LogP contribution in [0.25, 0.3) is 11.2 Å². The molecule has 1 aliphatic heterocycles. The summed E-state index contributed by atoms with van der Waals surface area (Å²) >= 11 is 1.42. The first-order valence-corrected chi connectivity index (χ1v) is 8.84. The third-order valence-corrected chi connectivity index (χ3v) is 4.76. The number of aliphatic hydroxyl groups is 2. The van der Waals surface area contributed by atoms with E-state index >= 15 is 0 Å². The molecular weight excluding hydrogens is 364 g/mol. The molecular formula is C14H18N6O5S. The van der Waals surface area contributed by atoms with Gasteiger partial charge in [0.2, 0.25) is 0 Å². The number of aliphatic hydroxyl groups excluding tert-OH is 2. The number of hydrogen-bond donors (Lipinski definition) is 4. The number of carbonyl (C=O) groups is 1. The first-order valence-electron chi connectivity index (χ1n) is 7.86. The second-order valence-electron chi connectivity index (χ2n) is 5.62. The maximum absolute atomic E-state index is 10.6. The fourth-order valence-electron chi connectivity index (χ4n) is 2.48.